The zero-order valence-electron chi connectivity index (χ0n) is 16.9. The molecule has 0 saturated carbocycles. The molecule has 0 unspecified atom stereocenters. The lowest BCUT2D eigenvalue weighted by Gasteiger charge is -2.34. The highest BCUT2D eigenvalue weighted by Gasteiger charge is 2.30. The molecule has 6 nitrogen and oxygen atoms in total. The number of nitrogens with zero attached hydrogens (tertiary/aromatic N) is 2. The molecule has 0 radical (unpaired) electrons. The Bertz CT molecular complexity index is 1200. The van der Waals surface area contributed by atoms with Crippen LogP contribution < -0.4 is 0 Å². The zero-order valence-corrected chi connectivity index (χ0v) is 19.2. The molecular formula is C22H23Cl2N3O3S. The number of rotatable bonds is 6. The highest BCUT2D eigenvalue weighted by atomic mass is 35.5. The first-order valence-corrected chi connectivity index (χ1v) is 12.3. The number of nitrogens with one attached hydrogen (secondary N) is 1. The molecule has 1 aromatic heterocycles. The van der Waals surface area contributed by atoms with Gasteiger partial charge in [-0.25, -0.2) is 8.42 Å². The molecule has 31 heavy (non-hydrogen) atoms. The zero-order chi connectivity index (χ0) is 22.0. The number of amides is 1. The number of aromatic amines is 1. The van der Waals surface area contributed by atoms with Crippen LogP contribution in [0.4, 0.5) is 0 Å². The minimum absolute atomic E-state index is 0.0615. The van der Waals surface area contributed by atoms with Crippen LogP contribution in [0.2, 0.25) is 10.0 Å². The monoisotopic (exact) mass is 479 g/mol. The molecule has 0 bridgehead atoms. The molecule has 4 rings (SSSR count). The van der Waals surface area contributed by atoms with Crippen molar-refractivity contribution in [3.63, 3.8) is 0 Å². The van der Waals surface area contributed by atoms with Crippen LogP contribution in [0, 0.1) is 0 Å². The number of hydrogen-bond donors (Lipinski definition) is 1. The van der Waals surface area contributed by atoms with Gasteiger partial charge in [0.15, 0.2) is 0 Å². The van der Waals surface area contributed by atoms with Crippen molar-refractivity contribution in [1.29, 1.82) is 0 Å². The summed E-state index contributed by atoms with van der Waals surface area (Å²) in [7, 11) is -3.67. The van der Waals surface area contributed by atoms with Crippen molar-refractivity contribution in [3.8, 4) is 0 Å². The van der Waals surface area contributed by atoms with Gasteiger partial charge in [0.2, 0.25) is 15.9 Å². The van der Waals surface area contributed by atoms with E-state index in [9.17, 15) is 13.2 Å². The third-order valence-corrected chi connectivity index (χ3v) is 8.27. The second-order valence-electron chi connectivity index (χ2n) is 7.57. The lowest BCUT2D eigenvalue weighted by Crippen LogP contribution is -2.50. The van der Waals surface area contributed by atoms with Gasteiger partial charge in [-0.2, -0.15) is 4.31 Å². The number of carbonyl (C=O) groups is 1. The highest BCUT2D eigenvalue weighted by molar-refractivity contribution is 7.89. The fraction of sp³-hybridized carbons (Fsp3) is 0.318. The standard InChI is InChI=1S/C22H23Cl2N3O3S/c23-19-9-8-17(14-20(19)24)31(29,30)27-12-10-26(11-13-27)22(28)7-3-4-16-15-25-21-6-2-1-5-18(16)21/h1-2,5-6,8-9,14-15,25H,3-4,7,10-13H2. The van der Waals surface area contributed by atoms with Crippen molar-refractivity contribution >= 4 is 50.0 Å². The quantitative estimate of drug-likeness (QED) is 0.571. The molecule has 0 spiro atoms. The number of carbonyl (C=O) groups excluding carboxylic acids is 1. The smallest absolute Gasteiger partial charge is 0.243 e. The Labute approximate surface area is 191 Å². The summed E-state index contributed by atoms with van der Waals surface area (Å²) in [4.78, 5) is 17.7. The molecule has 164 valence electrons. The minimum atomic E-state index is -3.67. The lowest BCUT2D eigenvalue weighted by atomic mass is 10.1. The van der Waals surface area contributed by atoms with Crippen molar-refractivity contribution in [1.82, 2.24) is 14.2 Å². The van der Waals surface area contributed by atoms with Gasteiger partial charge < -0.3 is 9.88 Å². The SMILES string of the molecule is O=C(CCCc1c[nH]c2ccccc12)N1CCN(S(=O)(=O)c2ccc(Cl)c(Cl)c2)CC1. The average Bonchev–Trinajstić information content (AvgIpc) is 3.19. The number of para-hydroxylation sites is 1. The van der Waals surface area contributed by atoms with E-state index in [1.54, 1.807) is 4.90 Å². The van der Waals surface area contributed by atoms with E-state index in [4.69, 9.17) is 23.2 Å². The van der Waals surface area contributed by atoms with Crippen LogP contribution in [0.1, 0.15) is 18.4 Å². The second-order valence-corrected chi connectivity index (χ2v) is 10.3. The van der Waals surface area contributed by atoms with Crippen molar-refractivity contribution < 1.29 is 13.2 Å². The first-order chi connectivity index (χ1) is 14.9. The fourth-order valence-electron chi connectivity index (χ4n) is 3.89. The van der Waals surface area contributed by atoms with Gasteiger partial charge in [0.25, 0.3) is 0 Å². The van der Waals surface area contributed by atoms with Crippen molar-refractivity contribution in [3.05, 3.63) is 64.3 Å². The molecule has 1 aliphatic rings. The number of aryl methyl sites for hydroxylation is 1. The summed E-state index contributed by atoms with van der Waals surface area (Å²) in [6.45, 7) is 1.28. The van der Waals surface area contributed by atoms with Crippen molar-refractivity contribution in [2.75, 3.05) is 26.2 Å². The number of piperazine rings is 1. The van der Waals surface area contributed by atoms with E-state index < -0.39 is 10.0 Å². The Kier molecular flexibility index (Phi) is 6.57. The predicted octanol–water partition coefficient (Wildman–Crippen LogP) is 4.33. The van der Waals surface area contributed by atoms with E-state index in [2.05, 4.69) is 11.1 Å². The van der Waals surface area contributed by atoms with Gasteiger partial charge >= 0.3 is 0 Å². The molecule has 1 saturated heterocycles. The largest absolute Gasteiger partial charge is 0.361 e. The summed E-state index contributed by atoms with van der Waals surface area (Å²) in [5.41, 5.74) is 2.31. The summed E-state index contributed by atoms with van der Waals surface area (Å²) in [5.74, 6) is 0.0615. The molecule has 1 fully saturated rings. The summed E-state index contributed by atoms with van der Waals surface area (Å²) in [6.07, 6.45) is 4.02. The molecule has 0 aliphatic carbocycles. The van der Waals surface area contributed by atoms with Gasteiger partial charge in [0, 0.05) is 49.7 Å². The number of halogens is 2. The van der Waals surface area contributed by atoms with Gasteiger partial charge in [0.1, 0.15) is 0 Å². The number of aromatic nitrogens is 1. The Hall–Kier alpha value is -2.06. The topological polar surface area (TPSA) is 73.5 Å². The highest BCUT2D eigenvalue weighted by Crippen LogP contribution is 2.27. The molecule has 1 N–H and O–H groups in total. The summed E-state index contributed by atoms with van der Waals surface area (Å²) in [6, 6.07) is 12.4. The third kappa shape index (κ3) is 4.75. The fourth-order valence-corrected chi connectivity index (χ4v) is 5.70. The lowest BCUT2D eigenvalue weighted by molar-refractivity contribution is -0.132. The maximum absolute atomic E-state index is 12.9. The number of hydrogen-bond acceptors (Lipinski definition) is 3. The van der Waals surface area contributed by atoms with E-state index in [-0.39, 0.29) is 28.9 Å². The van der Waals surface area contributed by atoms with E-state index in [1.165, 1.54) is 33.5 Å². The average molecular weight is 480 g/mol. The molecule has 9 heteroatoms. The molecule has 3 aromatic rings. The van der Waals surface area contributed by atoms with Crippen LogP contribution in [-0.4, -0.2) is 54.7 Å². The Morgan fingerprint density at radius 3 is 2.48 bits per heavy atom. The molecule has 1 amide bonds. The number of benzene rings is 2. The third-order valence-electron chi connectivity index (χ3n) is 5.63. The van der Waals surface area contributed by atoms with Gasteiger partial charge in [-0.3, -0.25) is 4.79 Å². The van der Waals surface area contributed by atoms with E-state index >= 15 is 0 Å². The van der Waals surface area contributed by atoms with Crippen LogP contribution in [0.3, 0.4) is 0 Å². The maximum atomic E-state index is 12.9. The molecule has 2 heterocycles. The van der Waals surface area contributed by atoms with Crippen molar-refractivity contribution in [2.45, 2.75) is 24.2 Å². The first kappa shape index (κ1) is 22.1. The molecule has 0 atom stereocenters. The molecule has 2 aromatic carbocycles. The Morgan fingerprint density at radius 2 is 1.74 bits per heavy atom. The summed E-state index contributed by atoms with van der Waals surface area (Å²) >= 11 is 11.9. The van der Waals surface area contributed by atoms with Gasteiger partial charge in [0.05, 0.1) is 14.9 Å². The summed E-state index contributed by atoms with van der Waals surface area (Å²) < 4.78 is 27.1. The van der Waals surface area contributed by atoms with E-state index in [0.717, 1.165) is 18.4 Å². The van der Waals surface area contributed by atoms with Crippen LogP contribution in [0.5, 0.6) is 0 Å². The van der Waals surface area contributed by atoms with Crippen LogP contribution in [0.15, 0.2) is 53.6 Å². The van der Waals surface area contributed by atoms with Crippen LogP contribution >= 0.6 is 23.2 Å². The summed E-state index contributed by atoms with van der Waals surface area (Å²) in [5, 5.41) is 1.70. The van der Waals surface area contributed by atoms with Gasteiger partial charge in [-0.05, 0) is 42.7 Å². The Morgan fingerprint density at radius 1 is 1.00 bits per heavy atom. The minimum Gasteiger partial charge on any atom is -0.361 e. The van der Waals surface area contributed by atoms with E-state index in [0.29, 0.717) is 24.5 Å². The van der Waals surface area contributed by atoms with Gasteiger partial charge in [-0.1, -0.05) is 41.4 Å². The van der Waals surface area contributed by atoms with E-state index in [1.807, 2.05) is 24.4 Å². The van der Waals surface area contributed by atoms with Crippen molar-refractivity contribution in [2.24, 2.45) is 0 Å². The maximum Gasteiger partial charge on any atom is 0.243 e. The van der Waals surface area contributed by atoms with Gasteiger partial charge in [-0.15, -0.1) is 0 Å². The molecular weight excluding hydrogens is 457 g/mol. The first-order valence-electron chi connectivity index (χ1n) is 10.1. The normalized spacial score (nSPS) is 15.5. The predicted molar refractivity (Wildman–Crippen MR) is 123 cm³/mol. The Balaban J connectivity index is 1.30. The number of sulfonamides is 1. The molecule has 1 aliphatic heterocycles. The van der Waals surface area contributed by atoms with Crippen LogP contribution in [-0.2, 0) is 21.2 Å². The second kappa shape index (κ2) is 9.20. The van der Waals surface area contributed by atoms with Crippen LogP contribution in [0.25, 0.3) is 10.9 Å². The number of H-pyrrole nitrogens is 1. The number of fused-ring (bicyclic) bond motifs is 1.